The van der Waals surface area contributed by atoms with Crippen molar-refractivity contribution in [3.05, 3.63) is 21.4 Å². The molecule has 0 aliphatic heterocycles. The number of carboxylic acids is 1. The first-order valence-electron chi connectivity index (χ1n) is 5.01. The van der Waals surface area contributed by atoms with E-state index in [0.29, 0.717) is 11.5 Å². The molecule has 2 rings (SSSR count). The van der Waals surface area contributed by atoms with Gasteiger partial charge in [-0.05, 0) is 31.2 Å². The smallest absolute Gasteiger partial charge is 0.336 e. The van der Waals surface area contributed by atoms with Crippen molar-refractivity contribution in [2.45, 2.75) is 38.5 Å². The van der Waals surface area contributed by atoms with E-state index in [1.54, 1.807) is 16.7 Å². The number of hydrogen-bond donors (Lipinski definition) is 1. The van der Waals surface area contributed by atoms with Crippen LogP contribution in [0.5, 0.6) is 0 Å². The number of carboxylic acid groups (broad SMARTS) is 1. The fourth-order valence-electron chi connectivity index (χ4n) is 2.35. The molecule has 1 heterocycles. The van der Waals surface area contributed by atoms with Crippen LogP contribution in [0.3, 0.4) is 0 Å². The number of carbonyl (C=O) groups is 1. The number of rotatable bonds is 2. The summed E-state index contributed by atoms with van der Waals surface area (Å²) in [7, 11) is 0. The molecule has 1 fully saturated rings. The lowest BCUT2D eigenvalue weighted by Gasteiger charge is -2.10. The molecule has 1 aromatic rings. The van der Waals surface area contributed by atoms with Gasteiger partial charge in [0.25, 0.3) is 0 Å². The second-order valence-electron chi connectivity index (χ2n) is 3.91. The van der Waals surface area contributed by atoms with Crippen LogP contribution in [0.25, 0.3) is 0 Å². The summed E-state index contributed by atoms with van der Waals surface area (Å²) in [5, 5.41) is 10.8. The van der Waals surface area contributed by atoms with Crippen molar-refractivity contribution in [2.24, 2.45) is 0 Å². The Morgan fingerprint density at radius 1 is 1.50 bits per heavy atom. The van der Waals surface area contributed by atoms with Gasteiger partial charge in [-0.3, -0.25) is 0 Å². The number of thiophene rings is 1. The normalized spacial score (nSPS) is 17.5. The first kappa shape index (κ1) is 9.71. The molecule has 1 aromatic heterocycles. The molecule has 0 unspecified atom stereocenters. The van der Waals surface area contributed by atoms with Gasteiger partial charge in [-0.15, -0.1) is 11.3 Å². The van der Waals surface area contributed by atoms with Crippen molar-refractivity contribution in [3.63, 3.8) is 0 Å². The highest BCUT2D eigenvalue weighted by Gasteiger charge is 2.25. The van der Waals surface area contributed by atoms with E-state index >= 15 is 0 Å². The largest absolute Gasteiger partial charge is 0.478 e. The Morgan fingerprint density at radius 2 is 2.14 bits per heavy atom. The molecule has 2 nitrogen and oxygen atoms in total. The molecule has 1 N–H and O–H groups in total. The van der Waals surface area contributed by atoms with Gasteiger partial charge in [0.15, 0.2) is 0 Å². The van der Waals surface area contributed by atoms with E-state index in [-0.39, 0.29) is 0 Å². The molecule has 1 aliphatic carbocycles. The number of aromatic carboxylic acids is 1. The van der Waals surface area contributed by atoms with E-state index in [1.165, 1.54) is 17.7 Å². The summed E-state index contributed by atoms with van der Waals surface area (Å²) in [5.74, 6) is -0.261. The predicted octanol–water partition coefficient (Wildman–Crippen LogP) is 3.41. The lowest BCUT2D eigenvalue weighted by molar-refractivity contribution is 0.0695. The molecule has 0 saturated heterocycles. The molecule has 0 amide bonds. The van der Waals surface area contributed by atoms with Gasteiger partial charge < -0.3 is 5.11 Å². The average Bonchev–Trinajstić information content (AvgIpc) is 2.71. The minimum atomic E-state index is -0.767. The van der Waals surface area contributed by atoms with Crippen molar-refractivity contribution in [1.82, 2.24) is 0 Å². The summed E-state index contributed by atoms with van der Waals surface area (Å²) in [5.41, 5.74) is 1.65. The van der Waals surface area contributed by atoms with Crippen molar-refractivity contribution >= 4 is 17.3 Å². The minimum absolute atomic E-state index is 0.507. The van der Waals surface area contributed by atoms with Gasteiger partial charge in [0.05, 0.1) is 5.56 Å². The Bertz CT molecular complexity index is 348. The summed E-state index contributed by atoms with van der Waals surface area (Å²) >= 11 is 1.57. The van der Waals surface area contributed by atoms with Crippen LogP contribution in [0.2, 0.25) is 0 Å². The molecule has 0 bridgehead atoms. The van der Waals surface area contributed by atoms with Gasteiger partial charge in [0.1, 0.15) is 0 Å². The first-order valence-corrected chi connectivity index (χ1v) is 5.89. The summed E-state index contributed by atoms with van der Waals surface area (Å²) < 4.78 is 0. The highest BCUT2D eigenvalue weighted by atomic mass is 32.1. The van der Waals surface area contributed by atoms with Crippen LogP contribution in [-0.2, 0) is 0 Å². The zero-order valence-corrected chi connectivity index (χ0v) is 9.06. The average molecular weight is 210 g/mol. The van der Waals surface area contributed by atoms with Crippen LogP contribution in [-0.4, -0.2) is 11.1 Å². The van der Waals surface area contributed by atoms with E-state index in [2.05, 4.69) is 0 Å². The molecule has 0 aromatic carbocycles. The van der Waals surface area contributed by atoms with Gasteiger partial charge in [-0.2, -0.15) is 0 Å². The molecule has 0 atom stereocenters. The maximum absolute atomic E-state index is 11.0. The third kappa shape index (κ3) is 1.57. The SMILES string of the molecule is Cc1scc(C(=O)O)c1C1CCCC1. The standard InChI is InChI=1S/C11H14O2S/c1-7-10(8-4-2-3-5-8)9(6-14-7)11(12)13/h6,8H,2-5H2,1H3,(H,12,13). The van der Waals surface area contributed by atoms with E-state index in [1.807, 2.05) is 6.92 Å². The fourth-order valence-corrected chi connectivity index (χ4v) is 3.28. The molecule has 0 radical (unpaired) electrons. The molecular formula is C11H14O2S. The van der Waals surface area contributed by atoms with Crippen LogP contribution in [0.15, 0.2) is 5.38 Å². The second-order valence-corrected chi connectivity index (χ2v) is 4.99. The summed E-state index contributed by atoms with van der Waals surface area (Å²) in [6.45, 7) is 2.03. The van der Waals surface area contributed by atoms with Gasteiger partial charge >= 0.3 is 5.97 Å². The van der Waals surface area contributed by atoms with Crippen molar-refractivity contribution < 1.29 is 9.90 Å². The highest BCUT2D eigenvalue weighted by molar-refractivity contribution is 7.10. The van der Waals surface area contributed by atoms with Gasteiger partial charge in [0, 0.05) is 10.3 Å². The Kier molecular flexibility index (Phi) is 2.59. The van der Waals surface area contributed by atoms with Gasteiger partial charge in [0.2, 0.25) is 0 Å². The maximum atomic E-state index is 11.0. The van der Waals surface area contributed by atoms with Crippen LogP contribution in [0, 0.1) is 6.92 Å². The van der Waals surface area contributed by atoms with Crippen LogP contribution >= 0.6 is 11.3 Å². The quantitative estimate of drug-likeness (QED) is 0.812. The third-order valence-corrected chi connectivity index (χ3v) is 3.94. The molecule has 14 heavy (non-hydrogen) atoms. The van der Waals surface area contributed by atoms with Gasteiger partial charge in [-0.1, -0.05) is 12.8 Å². The number of hydrogen-bond acceptors (Lipinski definition) is 2. The zero-order valence-electron chi connectivity index (χ0n) is 8.25. The predicted molar refractivity (Wildman–Crippen MR) is 57.2 cm³/mol. The molecule has 0 spiro atoms. The Balaban J connectivity index is 2.38. The lowest BCUT2D eigenvalue weighted by atomic mass is 9.94. The lowest BCUT2D eigenvalue weighted by Crippen LogP contribution is -2.03. The van der Waals surface area contributed by atoms with Crippen LogP contribution in [0.4, 0.5) is 0 Å². The van der Waals surface area contributed by atoms with Crippen molar-refractivity contribution in [1.29, 1.82) is 0 Å². The fraction of sp³-hybridized carbons (Fsp3) is 0.545. The third-order valence-electron chi connectivity index (χ3n) is 3.02. The molecule has 3 heteroatoms. The molecular weight excluding hydrogens is 196 g/mol. The summed E-state index contributed by atoms with van der Waals surface area (Å²) in [4.78, 5) is 12.2. The minimum Gasteiger partial charge on any atom is -0.478 e. The van der Waals surface area contributed by atoms with E-state index in [9.17, 15) is 4.79 Å². The van der Waals surface area contributed by atoms with Crippen LogP contribution < -0.4 is 0 Å². The molecule has 76 valence electrons. The Morgan fingerprint density at radius 3 is 2.71 bits per heavy atom. The van der Waals surface area contributed by atoms with E-state index in [4.69, 9.17) is 5.11 Å². The molecule has 1 aliphatic rings. The Labute approximate surface area is 87.6 Å². The summed E-state index contributed by atoms with van der Waals surface area (Å²) in [6.07, 6.45) is 4.83. The molecule has 1 saturated carbocycles. The first-order chi connectivity index (χ1) is 6.70. The summed E-state index contributed by atoms with van der Waals surface area (Å²) in [6, 6.07) is 0. The topological polar surface area (TPSA) is 37.3 Å². The Hall–Kier alpha value is -0.830. The monoisotopic (exact) mass is 210 g/mol. The number of aryl methyl sites for hydroxylation is 1. The van der Waals surface area contributed by atoms with Crippen molar-refractivity contribution in [2.75, 3.05) is 0 Å². The van der Waals surface area contributed by atoms with E-state index in [0.717, 1.165) is 18.4 Å². The zero-order chi connectivity index (χ0) is 10.1. The van der Waals surface area contributed by atoms with Crippen molar-refractivity contribution in [3.8, 4) is 0 Å². The highest BCUT2D eigenvalue weighted by Crippen LogP contribution is 2.39. The van der Waals surface area contributed by atoms with Crippen LogP contribution in [0.1, 0.15) is 52.4 Å². The van der Waals surface area contributed by atoms with Gasteiger partial charge in [-0.25, -0.2) is 4.79 Å². The second kappa shape index (κ2) is 3.73. The maximum Gasteiger partial charge on any atom is 0.336 e. The van der Waals surface area contributed by atoms with E-state index < -0.39 is 5.97 Å².